The van der Waals surface area contributed by atoms with Gasteiger partial charge in [0.25, 0.3) is 5.56 Å². The van der Waals surface area contributed by atoms with E-state index >= 15 is 0 Å². The zero-order valence-corrected chi connectivity index (χ0v) is 15.5. The van der Waals surface area contributed by atoms with Crippen molar-refractivity contribution in [2.45, 2.75) is 0 Å². The van der Waals surface area contributed by atoms with Gasteiger partial charge in [-0.1, -0.05) is 0 Å². The molecule has 11 nitrogen and oxygen atoms in total. The van der Waals surface area contributed by atoms with Crippen LogP contribution in [0, 0.1) is 5.82 Å². The summed E-state index contributed by atoms with van der Waals surface area (Å²) < 4.78 is 16.2. The van der Waals surface area contributed by atoms with Gasteiger partial charge >= 0.3 is 0 Å². The smallest absolute Gasteiger partial charge is 0.263 e. The van der Waals surface area contributed by atoms with Gasteiger partial charge in [-0.3, -0.25) is 14.5 Å². The molecule has 1 aromatic carbocycles. The first kappa shape index (κ1) is 17.3. The van der Waals surface area contributed by atoms with Crippen LogP contribution in [0.3, 0.4) is 0 Å². The lowest BCUT2D eigenvalue weighted by atomic mass is 10.1. The third-order valence-corrected chi connectivity index (χ3v) is 5.06. The zero-order chi connectivity index (χ0) is 20.0. The number of hydrogen-bond acceptors (Lipinski definition) is 8. The van der Waals surface area contributed by atoms with Crippen LogP contribution in [0.4, 0.5) is 16.0 Å². The van der Waals surface area contributed by atoms with Gasteiger partial charge in [0.1, 0.15) is 11.2 Å². The molecule has 1 saturated heterocycles. The number of aromatic amines is 2. The summed E-state index contributed by atoms with van der Waals surface area (Å²) in [5, 5.41) is 18.1. The van der Waals surface area contributed by atoms with Crippen molar-refractivity contribution in [2.75, 3.05) is 36.0 Å². The van der Waals surface area contributed by atoms with Crippen LogP contribution in [-0.4, -0.2) is 66.6 Å². The van der Waals surface area contributed by atoms with Gasteiger partial charge < -0.3 is 9.80 Å². The summed E-state index contributed by atoms with van der Waals surface area (Å²) >= 11 is 0. The molecule has 4 heterocycles. The fourth-order valence-corrected chi connectivity index (χ4v) is 3.52. The number of halogens is 1. The summed E-state index contributed by atoms with van der Waals surface area (Å²) in [4.78, 5) is 23.6. The first-order valence-corrected chi connectivity index (χ1v) is 9.05. The number of H-pyrrole nitrogens is 2. The molecule has 0 bridgehead atoms. The van der Waals surface area contributed by atoms with E-state index in [4.69, 9.17) is 0 Å². The predicted molar refractivity (Wildman–Crippen MR) is 103 cm³/mol. The fraction of sp³-hybridized carbons (Fsp3) is 0.294. The van der Waals surface area contributed by atoms with E-state index in [1.165, 1.54) is 12.3 Å². The third-order valence-electron chi connectivity index (χ3n) is 5.06. The van der Waals surface area contributed by atoms with E-state index < -0.39 is 0 Å². The monoisotopic (exact) mass is 396 g/mol. The number of rotatable bonds is 3. The lowest BCUT2D eigenvalue weighted by molar-refractivity contribution is 0.594. The number of piperazine rings is 1. The number of benzene rings is 1. The van der Waals surface area contributed by atoms with Gasteiger partial charge in [0, 0.05) is 38.8 Å². The van der Waals surface area contributed by atoms with E-state index in [1.807, 2.05) is 9.80 Å². The van der Waals surface area contributed by atoms with Crippen molar-refractivity contribution in [3.63, 3.8) is 0 Å². The number of fused-ring (bicyclic) bond motifs is 1. The topological polar surface area (TPSA) is 125 Å². The summed E-state index contributed by atoms with van der Waals surface area (Å²) in [6.45, 7) is 2.37. The van der Waals surface area contributed by atoms with Crippen LogP contribution in [-0.2, 0) is 7.05 Å². The van der Waals surface area contributed by atoms with Crippen molar-refractivity contribution >= 4 is 22.7 Å². The maximum absolute atomic E-state index is 14.7. The van der Waals surface area contributed by atoms with E-state index in [1.54, 1.807) is 23.9 Å². The summed E-state index contributed by atoms with van der Waals surface area (Å²) in [6, 6.07) is 4.89. The molecule has 12 heteroatoms. The standard InChI is InChI=1S/C17H17FN10O/c1-26-15-11(9-19-26)16(29)21-17(20-15)28-6-4-27(5-7-28)13-3-2-10(8-12(13)18)14-22-24-25-23-14/h2-3,8-9H,4-7H2,1H3,(H,20,21,29)(H,22,23,24,25). The molecule has 4 aromatic rings. The first-order valence-electron chi connectivity index (χ1n) is 9.05. The average molecular weight is 396 g/mol. The normalized spacial score (nSPS) is 14.7. The van der Waals surface area contributed by atoms with Crippen LogP contribution in [0.5, 0.6) is 0 Å². The second-order valence-electron chi connectivity index (χ2n) is 6.77. The Morgan fingerprint density at radius 2 is 1.93 bits per heavy atom. The van der Waals surface area contributed by atoms with Crippen LogP contribution in [0.25, 0.3) is 22.4 Å². The highest BCUT2D eigenvalue weighted by molar-refractivity contribution is 5.74. The van der Waals surface area contributed by atoms with E-state index in [2.05, 4.69) is 35.7 Å². The van der Waals surface area contributed by atoms with Gasteiger partial charge in [-0.25, -0.2) is 4.39 Å². The molecule has 0 saturated carbocycles. The van der Waals surface area contributed by atoms with Gasteiger partial charge in [0.2, 0.25) is 11.8 Å². The highest BCUT2D eigenvalue weighted by Gasteiger charge is 2.22. The average Bonchev–Trinajstić information content (AvgIpc) is 3.39. The molecular formula is C17H17FN10O. The van der Waals surface area contributed by atoms with Gasteiger partial charge in [-0.05, 0) is 23.4 Å². The lowest BCUT2D eigenvalue weighted by Crippen LogP contribution is -2.47. The summed E-state index contributed by atoms with van der Waals surface area (Å²) in [5.74, 6) is 0.503. The van der Waals surface area contributed by atoms with Gasteiger partial charge in [-0.15, -0.1) is 10.2 Å². The molecule has 0 spiro atoms. The molecule has 29 heavy (non-hydrogen) atoms. The van der Waals surface area contributed by atoms with Gasteiger partial charge in [0.05, 0.1) is 11.9 Å². The van der Waals surface area contributed by atoms with Crippen molar-refractivity contribution in [2.24, 2.45) is 7.05 Å². The minimum absolute atomic E-state index is 0.219. The number of tetrazole rings is 1. The van der Waals surface area contributed by atoms with Crippen molar-refractivity contribution in [1.29, 1.82) is 0 Å². The number of hydrogen-bond donors (Lipinski definition) is 2. The lowest BCUT2D eigenvalue weighted by Gasteiger charge is -2.36. The number of nitrogens with one attached hydrogen (secondary N) is 2. The summed E-state index contributed by atoms with van der Waals surface area (Å²) in [6.07, 6.45) is 1.50. The minimum Gasteiger partial charge on any atom is -0.366 e. The number of aromatic nitrogens is 8. The van der Waals surface area contributed by atoms with E-state index in [-0.39, 0.29) is 11.4 Å². The molecule has 0 amide bonds. The van der Waals surface area contributed by atoms with E-state index in [0.29, 0.717) is 60.2 Å². The van der Waals surface area contributed by atoms with Crippen LogP contribution in [0.15, 0.2) is 29.2 Å². The minimum atomic E-state index is -0.344. The molecule has 5 rings (SSSR count). The van der Waals surface area contributed by atoms with Crippen LogP contribution in [0.2, 0.25) is 0 Å². The molecule has 3 aromatic heterocycles. The number of nitrogens with zero attached hydrogens (tertiary/aromatic N) is 8. The Labute approximate surface area is 163 Å². The maximum atomic E-state index is 14.7. The van der Waals surface area contributed by atoms with Crippen molar-refractivity contribution in [1.82, 2.24) is 40.4 Å². The molecule has 0 atom stereocenters. The van der Waals surface area contributed by atoms with Crippen molar-refractivity contribution in [3.8, 4) is 11.4 Å². The largest absolute Gasteiger partial charge is 0.366 e. The van der Waals surface area contributed by atoms with Crippen LogP contribution >= 0.6 is 0 Å². The van der Waals surface area contributed by atoms with E-state index in [0.717, 1.165) is 0 Å². The Hall–Kier alpha value is -3.83. The Morgan fingerprint density at radius 1 is 1.14 bits per heavy atom. The highest BCUT2D eigenvalue weighted by Crippen LogP contribution is 2.26. The molecule has 0 radical (unpaired) electrons. The molecule has 148 valence electrons. The zero-order valence-electron chi connectivity index (χ0n) is 15.5. The Kier molecular flexibility index (Phi) is 3.96. The SMILES string of the molecule is Cn1ncc2c(=O)[nH]c(N3CCN(c4ccc(-c5nn[nH]n5)cc4F)CC3)nc21. The van der Waals surface area contributed by atoms with Crippen LogP contribution < -0.4 is 15.4 Å². The number of aryl methyl sites for hydroxylation is 1. The second kappa shape index (κ2) is 6.65. The Bertz CT molecular complexity index is 1220. The highest BCUT2D eigenvalue weighted by atomic mass is 19.1. The molecule has 2 N–H and O–H groups in total. The molecule has 0 aliphatic carbocycles. The number of anilines is 2. The fourth-order valence-electron chi connectivity index (χ4n) is 3.52. The summed E-state index contributed by atoms with van der Waals surface area (Å²) in [5.41, 5.74) is 1.39. The predicted octanol–water partition coefficient (Wildman–Crippen LogP) is 0.302. The molecule has 1 aliphatic rings. The van der Waals surface area contributed by atoms with Crippen molar-refractivity contribution < 1.29 is 4.39 Å². The van der Waals surface area contributed by atoms with E-state index in [9.17, 15) is 9.18 Å². The third kappa shape index (κ3) is 2.98. The van der Waals surface area contributed by atoms with Crippen molar-refractivity contribution in [3.05, 3.63) is 40.6 Å². The Balaban J connectivity index is 1.34. The molecule has 0 unspecified atom stereocenters. The molecule has 1 aliphatic heterocycles. The first-order chi connectivity index (χ1) is 14.1. The molecule has 1 fully saturated rings. The van der Waals surface area contributed by atoms with Gasteiger partial charge in [0.15, 0.2) is 5.65 Å². The molecular weight excluding hydrogens is 379 g/mol. The second-order valence-corrected chi connectivity index (χ2v) is 6.77. The van der Waals surface area contributed by atoms with Gasteiger partial charge in [-0.2, -0.15) is 15.3 Å². The summed E-state index contributed by atoms with van der Waals surface area (Å²) in [7, 11) is 1.75. The quantitative estimate of drug-likeness (QED) is 0.507. The van der Waals surface area contributed by atoms with Crippen LogP contribution in [0.1, 0.15) is 0 Å². The maximum Gasteiger partial charge on any atom is 0.263 e. The Morgan fingerprint density at radius 3 is 2.66 bits per heavy atom.